The van der Waals surface area contributed by atoms with Gasteiger partial charge in [0.25, 0.3) is 11.1 Å². The van der Waals surface area contributed by atoms with Crippen LogP contribution in [0.25, 0.3) is 6.08 Å². The summed E-state index contributed by atoms with van der Waals surface area (Å²) in [5, 5.41) is 2.44. The van der Waals surface area contributed by atoms with Crippen molar-refractivity contribution in [1.82, 2.24) is 4.90 Å². The van der Waals surface area contributed by atoms with Crippen LogP contribution in [0, 0.1) is 0 Å². The lowest BCUT2D eigenvalue weighted by atomic mass is 10.1. The fraction of sp³-hybridized carbons (Fsp3) is 0.227. The van der Waals surface area contributed by atoms with E-state index in [1.165, 1.54) is 7.11 Å². The predicted molar refractivity (Wildman–Crippen MR) is 122 cm³/mol. The maximum absolute atomic E-state index is 12.8. The smallest absolute Gasteiger partial charge is 0.294 e. The van der Waals surface area contributed by atoms with Crippen LogP contribution in [-0.4, -0.2) is 41.7 Å². The molecule has 9 heteroatoms. The third kappa shape index (κ3) is 5.39. The Hall–Kier alpha value is -2.97. The van der Waals surface area contributed by atoms with Gasteiger partial charge in [0.2, 0.25) is 5.91 Å². The molecule has 3 rings (SSSR count). The monoisotopic (exact) mass is 460 g/mol. The van der Waals surface area contributed by atoms with Gasteiger partial charge in [-0.15, -0.1) is 0 Å². The molecule has 1 N–H and O–H groups in total. The molecule has 1 aliphatic heterocycles. The van der Waals surface area contributed by atoms with Crippen molar-refractivity contribution in [2.75, 3.05) is 19.0 Å². The molecule has 31 heavy (non-hydrogen) atoms. The van der Waals surface area contributed by atoms with Gasteiger partial charge in [-0.1, -0.05) is 35.9 Å². The first kappa shape index (κ1) is 22.7. The van der Waals surface area contributed by atoms with Crippen molar-refractivity contribution in [3.63, 3.8) is 0 Å². The van der Waals surface area contributed by atoms with Gasteiger partial charge in [0.1, 0.15) is 6.54 Å². The van der Waals surface area contributed by atoms with Gasteiger partial charge in [-0.2, -0.15) is 0 Å². The highest BCUT2D eigenvalue weighted by Crippen LogP contribution is 2.37. The van der Waals surface area contributed by atoms with Gasteiger partial charge in [-0.05, 0) is 49.9 Å². The average molecular weight is 461 g/mol. The summed E-state index contributed by atoms with van der Waals surface area (Å²) in [7, 11) is 1.53. The number of imide groups is 1. The Balaban J connectivity index is 1.79. The first-order valence-corrected chi connectivity index (χ1v) is 10.6. The SMILES string of the molecule is COc1cccc(/C=C2/SC(=O)N(CC(=O)Nc3ccccc3Cl)C2=O)c1OC(C)C. The Bertz CT molecular complexity index is 1050. The number of nitrogens with one attached hydrogen (secondary N) is 1. The molecule has 1 aliphatic rings. The van der Waals surface area contributed by atoms with E-state index in [-0.39, 0.29) is 11.0 Å². The third-order valence-electron chi connectivity index (χ3n) is 4.19. The standard InChI is InChI=1S/C22H21ClN2O5S/c1-13(2)30-20-14(7-6-10-17(20)29-3)11-18-21(27)25(22(28)31-18)12-19(26)24-16-9-5-4-8-15(16)23/h4-11,13H,12H2,1-3H3,(H,24,26)/b18-11+. The second-order valence-electron chi connectivity index (χ2n) is 6.84. The normalized spacial score (nSPS) is 15.0. The highest BCUT2D eigenvalue weighted by Gasteiger charge is 2.36. The van der Waals surface area contributed by atoms with Crippen LogP contribution in [0.15, 0.2) is 47.4 Å². The van der Waals surface area contributed by atoms with Gasteiger partial charge in [-0.25, -0.2) is 0 Å². The first-order valence-electron chi connectivity index (χ1n) is 9.43. The largest absolute Gasteiger partial charge is 0.493 e. The molecule has 1 saturated heterocycles. The topological polar surface area (TPSA) is 84.9 Å². The van der Waals surface area contributed by atoms with Crippen molar-refractivity contribution < 1.29 is 23.9 Å². The molecule has 7 nitrogen and oxygen atoms in total. The predicted octanol–water partition coefficient (Wildman–Crippen LogP) is 4.81. The van der Waals surface area contributed by atoms with Crippen molar-refractivity contribution >= 4 is 52.2 Å². The second kappa shape index (κ2) is 9.89. The van der Waals surface area contributed by atoms with E-state index in [4.69, 9.17) is 21.1 Å². The van der Waals surface area contributed by atoms with Crippen LogP contribution in [0.5, 0.6) is 11.5 Å². The van der Waals surface area contributed by atoms with Crippen LogP contribution >= 0.6 is 23.4 Å². The van der Waals surface area contributed by atoms with Crippen LogP contribution in [0.3, 0.4) is 0 Å². The van der Waals surface area contributed by atoms with Crippen molar-refractivity contribution in [3.8, 4) is 11.5 Å². The third-order valence-corrected chi connectivity index (χ3v) is 5.43. The molecular weight excluding hydrogens is 440 g/mol. The molecule has 1 fully saturated rings. The molecule has 0 atom stereocenters. The number of benzene rings is 2. The summed E-state index contributed by atoms with van der Waals surface area (Å²) in [6.45, 7) is 3.34. The van der Waals surface area contributed by atoms with Crippen LogP contribution < -0.4 is 14.8 Å². The van der Waals surface area contributed by atoms with Crippen molar-refractivity contribution in [2.24, 2.45) is 0 Å². The van der Waals surface area contributed by atoms with E-state index in [0.29, 0.717) is 27.8 Å². The lowest BCUT2D eigenvalue weighted by Gasteiger charge is -2.16. The quantitative estimate of drug-likeness (QED) is 0.597. The molecule has 0 radical (unpaired) electrons. The molecule has 0 spiro atoms. The number of rotatable bonds is 7. The molecule has 2 aromatic rings. The van der Waals surface area contributed by atoms with Crippen molar-refractivity contribution in [3.05, 3.63) is 58.0 Å². The fourth-order valence-corrected chi connectivity index (χ4v) is 3.85. The van der Waals surface area contributed by atoms with Crippen LogP contribution in [0.1, 0.15) is 19.4 Å². The van der Waals surface area contributed by atoms with E-state index in [2.05, 4.69) is 5.32 Å². The van der Waals surface area contributed by atoms with Crippen molar-refractivity contribution in [1.29, 1.82) is 0 Å². The Labute approximate surface area is 189 Å². The maximum Gasteiger partial charge on any atom is 0.294 e. The number of carbonyl (C=O) groups excluding carboxylic acids is 3. The highest BCUT2D eigenvalue weighted by atomic mass is 35.5. The molecule has 0 saturated carbocycles. The van der Waals surface area contributed by atoms with Crippen LogP contribution in [-0.2, 0) is 9.59 Å². The Kier molecular flexibility index (Phi) is 7.25. The molecule has 1 heterocycles. The Morgan fingerprint density at radius 3 is 2.61 bits per heavy atom. The number of hydrogen-bond donors (Lipinski definition) is 1. The molecular formula is C22H21ClN2O5S. The average Bonchev–Trinajstić information content (AvgIpc) is 2.98. The number of hydrogen-bond acceptors (Lipinski definition) is 6. The molecule has 3 amide bonds. The van der Waals surface area contributed by atoms with E-state index in [9.17, 15) is 14.4 Å². The van der Waals surface area contributed by atoms with Crippen LogP contribution in [0.4, 0.5) is 10.5 Å². The fourth-order valence-electron chi connectivity index (χ4n) is 2.84. The number of amides is 3. The van der Waals surface area contributed by atoms with Gasteiger partial charge in [-0.3, -0.25) is 19.3 Å². The number of anilines is 1. The summed E-state index contributed by atoms with van der Waals surface area (Å²) < 4.78 is 11.2. The summed E-state index contributed by atoms with van der Waals surface area (Å²) in [6, 6.07) is 12.0. The lowest BCUT2D eigenvalue weighted by Crippen LogP contribution is -2.36. The second-order valence-corrected chi connectivity index (χ2v) is 8.24. The van der Waals surface area contributed by atoms with Crippen LogP contribution in [0.2, 0.25) is 5.02 Å². The Morgan fingerprint density at radius 1 is 1.19 bits per heavy atom. The molecule has 0 aliphatic carbocycles. The zero-order chi connectivity index (χ0) is 22.5. The number of nitrogens with zero attached hydrogens (tertiary/aromatic N) is 1. The number of ether oxygens (including phenoxy) is 2. The summed E-state index contributed by atoms with van der Waals surface area (Å²) in [5.74, 6) is -0.0893. The minimum absolute atomic E-state index is 0.119. The van der Waals surface area contributed by atoms with Crippen molar-refractivity contribution in [2.45, 2.75) is 20.0 Å². The number of carbonyl (C=O) groups is 3. The molecule has 0 aromatic heterocycles. The van der Waals surface area contributed by atoms with Gasteiger partial charge in [0, 0.05) is 5.56 Å². The molecule has 162 valence electrons. The maximum atomic E-state index is 12.8. The summed E-state index contributed by atoms with van der Waals surface area (Å²) in [4.78, 5) is 38.6. The number of para-hydroxylation sites is 2. The summed E-state index contributed by atoms with van der Waals surface area (Å²) in [6.07, 6.45) is 1.45. The number of methoxy groups -OCH3 is 1. The lowest BCUT2D eigenvalue weighted by molar-refractivity contribution is -0.127. The van der Waals surface area contributed by atoms with E-state index < -0.39 is 23.6 Å². The van der Waals surface area contributed by atoms with E-state index >= 15 is 0 Å². The van der Waals surface area contributed by atoms with Gasteiger partial charge in [0.05, 0.1) is 28.8 Å². The summed E-state index contributed by atoms with van der Waals surface area (Å²) in [5.41, 5.74) is 1.00. The highest BCUT2D eigenvalue weighted by molar-refractivity contribution is 8.18. The minimum Gasteiger partial charge on any atom is -0.493 e. The minimum atomic E-state index is -0.553. The first-order chi connectivity index (χ1) is 14.8. The van der Waals surface area contributed by atoms with E-state index in [1.807, 2.05) is 13.8 Å². The van der Waals surface area contributed by atoms with E-state index in [0.717, 1.165) is 16.7 Å². The zero-order valence-corrected chi connectivity index (χ0v) is 18.8. The Morgan fingerprint density at radius 2 is 1.94 bits per heavy atom. The van der Waals surface area contributed by atoms with Gasteiger partial charge >= 0.3 is 0 Å². The van der Waals surface area contributed by atoms with Gasteiger partial charge in [0.15, 0.2) is 11.5 Å². The van der Waals surface area contributed by atoms with E-state index in [1.54, 1.807) is 48.5 Å². The summed E-state index contributed by atoms with van der Waals surface area (Å²) >= 11 is 6.80. The molecule has 0 unspecified atom stereocenters. The zero-order valence-electron chi connectivity index (χ0n) is 17.2. The molecule has 0 bridgehead atoms. The van der Waals surface area contributed by atoms with Gasteiger partial charge < -0.3 is 14.8 Å². The number of halogens is 1. The molecule has 2 aromatic carbocycles. The number of thioether (sulfide) groups is 1.